The monoisotopic (exact) mass is 298 g/mol. The number of benzene rings is 1. The lowest BCUT2D eigenvalue weighted by Gasteiger charge is -2.25. The largest absolute Gasteiger partial charge is 0.333 e. The van der Waals surface area contributed by atoms with Crippen LogP contribution in [-0.2, 0) is 9.59 Å². The van der Waals surface area contributed by atoms with E-state index in [2.05, 4.69) is 10.3 Å². The van der Waals surface area contributed by atoms with Crippen molar-refractivity contribution in [3.8, 4) is 5.69 Å². The molecule has 1 aliphatic rings. The van der Waals surface area contributed by atoms with Gasteiger partial charge in [-0.1, -0.05) is 0 Å². The first-order chi connectivity index (χ1) is 10.7. The van der Waals surface area contributed by atoms with Crippen LogP contribution in [0.5, 0.6) is 0 Å². The summed E-state index contributed by atoms with van der Waals surface area (Å²) < 4.78 is 1.89. The second kappa shape index (κ2) is 6.43. The number of carbonyl (C=O) groups is 2. The van der Waals surface area contributed by atoms with Gasteiger partial charge in [0.15, 0.2) is 0 Å². The van der Waals surface area contributed by atoms with Crippen molar-refractivity contribution in [1.29, 1.82) is 0 Å². The van der Waals surface area contributed by atoms with Gasteiger partial charge in [0, 0.05) is 36.7 Å². The minimum atomic E-state index is -0.161. The molecule has 0 saturated carbocycles. The fraction of sp³-hybridized carbons (Fsp3) is 0.312. The van der Waals surface area contributed by atoms with Crippen LogP contribution in [-0.4, -0.2) is 39.4 Å². The molecule has 114 valence electrons. The van der Waals surface area contributed by atoms with E-state index in [1.807, 2.05) is 35.0 Å². The molecule has 1 aromatic carbocycles. The van der Waals surface area contributed by atoms with Crippen molar-refractivity contribution in [2.24, 2.45) is 0 Å². The van der Waals surface area contributed by atoms with Gasteiger partial charge in [-0.2, -0.15) is 0 Å². The molecule has 1 aromatic heterocycles. The van der Waals surface area contributed by atoms with Crippen LogP contribution < -0.4 is 5.32 Å². The third-order valence-electron chi connectivity index (χ3n) is 3.71. The molecule has 1 N–H and O–H groups in total. The van der Waals surface area contributed by atoms with Crippen LogP contribution in [0.2, 0.25) is 0 Å². The molecule has 1 saturated heterocycles. The number of imidazole rings is 1. The molecular formula is C16H18N4O2. The summed E-state index contributed by atoms with van der Waals surface area (Å²) in [6.07, 6.45) is 7.73. The zero-order valence-electron chi connectivity index (χ0n) is 12.2. The molecule has 0 aliphatic carbocycles. The fourth-order valence-electron chi connectivity index (χ4n) is 2.53. The molecule has 2 heterocycles. The van der Waals surface area contributed by atoms with Gasteiger partial charge in [-0.3, -0.25) is 9.59 Å². The summed E-state index contributed by atoms with van der Waals surface area (Å²) in [5, 5.41) is 2.82. The topological polar surface area (TPSA) is 67.2 Å². The highest BCUT2D eigenvalue weighted by atomic mass is 16.2. The van der Waals surface area contributed by atoms with Crippen molar-refractivity contribution >= 4 is 17.5 Å². The van der Waals surface area contributed by atoms with E-state index in [4.69, 9.17) is 0 Å². The molecule has 2 aromatic rings. The Bertz CT molecular complexity index is 649. The summed E-state index contributed by atoms with van der Waals surface area (Å²) in [5.74, 6) is -0.0949. The van der Waals surface area contributed by atoms with Crippen LogP contribution >= 0.6 is 0 Å². The number of amides is 2. The van der Waals surface area contributed by atoms with Crippen molar-refractivity contribution < 1.29 is 9.59 Å². The van der Waals surface area contributed by atoms with E-state index in [1.165, 1.54) is 0 Å². The van der Waals surface area contributed by atoms with E-state index in [0.29, 0.717) is 13.0 Å². The number of rotatable bonds is 4. The number of anilines is 1. The van der Waals surface area contributed by atoms with Crippen molar-refractivity contribution in [2.45, 2.75) is 19.3 Å². The third-order valence-corrected chi connectivity index (χ3v) is 3.71. The average molecular weight is 298 g/mol. The average Bonchev–Trinajstić information content (AvgIpc) is 3.05. The molecule has 3 rings (SSSR count). The second-order valence-corrected chi connectivity index (χ2v) is 5.34. The van der Waals surface area contributed by atoms with Crippen LogP contribution in [0.25, 0.3) is 5.69 Å². The van der Waals surface area contributed by atoms with Gasteiger partial charge >= 0.3 is 0 Å². The maximum Gasteiger partial charge on any atom is 0.243 e. The smallest absolute Gasteiger partial charge is 0.243 e. The Balaban J connectivity index is 1.58. The van der Waals surface area contributed by atoms with Crippen LogP contribution in [0.3, 0.4) is 0 Å². The Hall–Kier alpha value is -2.63. The lowest BCUT2D eigenvalue weighted by molar-refractivity contribution is -0.136. The van der Waals surface area contributed by atoms with E-state index in [-0.39, 0.29) is 18.4 Å². The lowest BCUT2D eigenvalue weighted by atomic mass is 10.1. The van der Waals surface area contributed by atoms with Gasteiger partial charge in [0.05, 0.1) is 12.9 Å². The quantitative estimate of drug-likeness (QED) is 0.936. The Labute approximate surface area is 128 Å². The molecule has 0 atom stereocenters. The van der Waals surface area contributed by atoms with Crippen molar-refractivity contribution in [2.75, 3.05) is 18.4 Å². The van der Waals surface area contributed by atoms with Gasteiger partial charge in [-0.15, -0.1) is 0 Å². The summed E-state index contributed by atoms with van der Waals surface area (Å²) in [5.41, 5.74) is 1.69. The van der Waals surface area contributed by atoms with Gasteiger partial charge in [0.2, 0.25) is 11.8 Å². The predicted molar refractivity (Wildman–Crippen MR) is 82.6 cm³/mol. The molecule has 0 bridgehead atoms. The standard InChI is InChI=1S/C16H18N4O2/c21-15(11-19-9-2-1-3-16(19)22)18-13-4-6-14(7-5-13)20-10-8-17-12-20/h4-8,10,12H,1-3,9,11H2,(H,18,21). The molecule has 0 radical (unpaired) electrons. The lowest BCUT2D eigenvalue weighted by Crippen LogP contribution is -2.40. The first-order valence-corrected chi connectivity index (χ1v) is 7.38. The summed E-state index contributed by atoms with van der Waals surface area (Å²) in [4.78, 5) is 29.3. The maximum absolute atomic E-state index is 12.0. The molecule has 0 spiro atoms. The number of piperidine rings is 1. The minimum Gasteiger partial charge on any atom is -0.333 e. The van der Waals surface area contributed by atoms with Crippen molar-refractivity contribution in [3.05, 3.63) is 43.0 Å². The maximum atomic E-state index is 12.0. The molecule has 2 amide bonds. The number of hydrogen-bond acceptors (Lipinski definition) is 3. The number of likely N-dealkylation sites (tertiary alicyclic amines) is 1. The minimum absolute atomic E-state index is 0.0665. The number of carbonyl (C=O) groups excluding carboxylic acids is 2. The fourth-order valence-corrected chi connectivity index (χ4v) is 2.53. The number of nitrogens with one attached hydrogen (secondary N) is 1. The molecule has 1 aliphatic heterocycles. The number of hydrogen-bond donors (Lipinski definition) is 1. The van der Waals surface area contributed by atoms with Crippen molar-refractivity contribution in [3.63, 3.8) is 0 Å². The normalized spacial score (nSPS) is 14.9. The summed E-state index contributed by atoms with van der Waals surface area (Å²) in [6.45, 7) is 0.800. The highest BCUT2D eigenvalue weighted by Crippen LogP contribution is 2.14. The van der Waals surface area contributed by atoms with E-state index in [9.17, 15) is 9.59 Å². The Morgan fingerprint density at radius 1 is 1.23 bits per heavy atom. The first-order valence-electron chi connectivity index (χ1n) is 7.38. The van der Waals surface area contributed by atoms with Crippen LogP contribution in [0.4, 0.5) is 5.69 Å². The zero-order valence-corrected chi connectivity index (χ0v) is 12.2. The Kier molecular flexibility index (Phi) is 4.18. The van der Waals surface area contributed by atoms with E-state index < -0.39 is 0 Å². The van der Waals surface area contributed by atoms with Gasteiger partial charge in [-0.25, -0.2) is 4.98 Å². The molecule has 1 fully saturated rings. The molecular weight excluding hydrogens is 280 g/mol. The number of nitrogens with zero attached hydrogens (tertiary/aromatic N) is 3. The summed E-state index contributed by atoms with van der Waals surface area (Å²) in [7, 11) is 0. The summed E-state index contributed by atoms with van der Waals surface area (Å²) >= 11 is 0. The highest BCUT2D eigenvalue weighted by molar-refractivity contribution is 5.94. The SMILES string of the molecule is O=C(CN1CCCCC1=O)Nc1ccc(-n2ccnc2)cc1. The zero-order chi connectivity index (χ0) is 15.4. The van der Waals surface area contributed by atoms with Gasteiger partial charge in [0.25, 0.3) is 0 Å². The van der Waals surface area contributed by atoms with Gasteiger partial charge in [0.1, 0.15) is 0 Å². The van der Waals surface area contributed by atoms with E-state index in [0.717, 1.165) is 24.2 Å². The first kappa shape index (κ1) is 14.3. The van der Waals surface area contributed by atoms with Gasteiger partial charge < -0.3 is 14.8 Å². The third kappa shape index (κ3) is 3.33. The summed E-state index contributed by atoms with van der Waals surface area (Å²) in [6, 6.07) is 7.49. The Morgan fingerprint density at radius 2 is 2.05 bits per heavy atom. The van der Waals surface area contributed by atoms with Crippen LogP contribution in [0.1, 0.15) is 19.3 Å². The molecule has 22 heavy (non-hydrogen) atoms. The van der Waals surface area contributed by atoms with E-state index in [1.54, 1.807) is 17.4 Å². The predicted octanol–water partition coefficient (Wildman–Crippen LogP) is 1.82. The Morgan fingerprint density at radius 3 is 2.73 bits per heavy atom. The van der Waals surface area contributed by atoms with Crippen molar-refractivity contribution in [1.82, 2.24) is 14.5 Å². The highest BCUT2D eigenvalue weighted by Gasteiger charge is 2.20. The van der Waals surface area contributed by atoms with Crippen LogP contribution in [0.15, 0.2) is 43.0 Å². The molecule has 0 unspecified atom stereocenters. The van der Waals surface area contributed by atoms with E-state index >= 15 is 0 Å². The van der Waals surface area contributed by atoms with Gasteiger partial charge in [-0.05, 0) is 37.1 Å². The van der Waals surface area contributed by atoms with Crippen LogP contribution in [0, 0.1) is 0 Å². The number of aromatic nitrogens is 2. The molecule has 6 nitrogen and oxygen atoms in total. The molecule has 6 heteroatoms. The second-order valence-electron chi connectivity index (χ2n) is 5.34.